The van der Waals surface area contributed by atoms with Gasteiger partial charge in [-0.3, -0.25) is 9.19 Å². The largest absolute Gasteiger partial charge is 0.760 e. The number of nitrogens with one attached hydrogen (secondary N) is 3. The van der Waals surface area contributed by atoms with E-state index in [1.807, 2.05) is 0 Å². The zero-order valence-electron chi connectivity index (χ0n) is 6.98. The van der Waals surface area contributed by atoms with Crippen molar-refractivity contribution in [1.82, 2.24) is 19.7 Å². The van der Waals surface area contributed by atoms with E-state index >= 15 is 0 Å². The molecule has 2 aromatic rings. The van der Waals surface area contributed by atoms with Crippen molar-refractivity contribution >= 4 is 22.4 Å². The fourth-order valence-electron chi connectivity index (χ4n) is 1.02. The van der Waals surface area contributed by atoms with Crippen molar-refractivity contribution in [2.75, 3.05) is 0 Å². The zero-order valence-corrected chi connectivity index (χ0v) is 7.80. The molecule has 0 saturated carbocycles. The van der Waals surface area contributed by atoms with E-state index in [-0.39, 0.29) is 6.54 Å². The molecule has 0 fully saturated rings. The highest BCUT2D eigenvalue weighted by Crippen LogP contribution is 2.00. The van der Waals surface area contributed by atoms with E-state index in [1.165, 1.54) is 0 Å². The topological polar surface area (TPSA) is 108 Å². The van der Waals surface area contributed by atoms with Gasteiger partial charge in [0.2, 0.25) is 5.82 Å². The van der Waals surface area contributed by atoms with E-state index in [0.717, 1.165) is 5.52 Å². The maximum atomic E-state index is 10.2. The summed E-state index contributed by atoms with van der Waals surface area (Å²) in [5.41, 5.74) is 1.42. The number of nitrogens with zero attached hydrogens (tertiary/aromatic N) is 2. The van der Waals surface area contributed by atoms with E-state index < -0.39 is 11.3 Å². The first kappa shape index (κ1) is 9.19. The number of H-pyrrole nitrogens is 2. The van der Waals surface area contributed by atoms with Crippen LogP contribution < -0.4 is 9.71 Å². The molecule has 7 nitrogen and oxygen atoms in total. The number of hydrogen-bond acceptors (Lipinski definition) is 4. The van der Waals surface area contributed by atoms with Crippen LogP contribution in [0.25, 0.3) is 11.2 Å². The predicted molar refractivity (Wildman–Crippen MR) is 46.2 cm³/mol. The van der Waals surface area contributed by atoms with Gasteiger partial charge in [0.1, 0.15) is 0 Å². The van der Waals surface area contributed by atoms with Crippen LogP contribution in [0, 0.1) is 0 Å². The van der Waals surface area contributed by atoms with Gasteiger partial charge >= 0.3 is 5.65 Å². The summed E-state index contributed by atoms with van der Waals surface area (Å²) in [5, 5.41) is 0. The molecule has 8 heteroatoms. The average Bonchev–Trinajstić information content (AvgIpc) is 2.61. The minimum absolute atomic E-state index is 0.0884. The lowest BCUT2D eigenvalue weighted by Gasteiger charge is -2.03. The normalized spacial score (nSPS) is 13.2. The molecule has 0 radical (unpaired) electrons. The van der Waals surface area contributed by atoms with Crippen molar-refractivity contribution in [2.45, 2.75) is 6.54 Å². The van der Waals surface area contributed by atoms with Crippen LogP contribution >= 0.6 is 0 Å². The summed E-state index contributed by atoms with van der Waals surface area (Å²) >= 11 is -2.29. The van der Waals surface area contributed by atoms with Crippen LogP contribution in [0.15, 0.2) is 12.5 Å². The fraction of sp³-hybridized carbons (Fsp3) is 0.167. The molecule has 0 amide bonds. The Morgan fingerprint density at radius 3 is 3.36 bits per heavy atom. The molecule has 14 heavy (non-hydrogen) atoms. The molecule has 2 heterocycles. The molecular formula is C6H7N5O2S. The molecule has 3 N–H and O–H groups in total. The molecule has 0 aliphatic rings. The lowest BCUT2D eigenvalue weighted by Crippen LogP contribution is -2.17. The Morgan fingerprint density at radius 2 is 2.57 bits per heavy atom. The maximum absolute atomic E-state index is 10.2. The van der Waals surface area contributed by atoms with Gasteiger partial charge in [-0.15, -0.1) is 0 Å². The maximum Gasteiger partial charge on any atom is 0.302 e. The Hall–Kier alpha value is -1.38. The molecule has 0 spiro atoms. The third kappa shape index (κ3) is 1.92. The summed E-state index contributed by atoms with van der Waals surface area (Å²) in [6, 6.07) is 0. The highest BCUT2D eigenvalue weighted by molar-refractivity contribution is 7.77. The minimum Gasteiger partial charge on any atom is -0.760 e. The first-order valence-electron chi connectivity index (χ1n) is 3.79. The Kier molecular flexibility index (Phi) is 2.48. The molecular weight excluding hydrogens is 206 g/mol. The zero-order chi connectivity index (χ0) is 9.97. The molecule has 0 aromatic carbocycles. The number of fused-ring (bicyclic) bond motifs is 1. The van der Waals surface area contributed by atoms with Crippen LogP contribution in [-0.2, 0) is 17.8 Å². The third-order valence-electron chi connectivity index (χ3n) is 1.62. The van der Waals surface area contributed by atoms with Gasteiger partial charge in [0, 0.05) is 11.3 Å². The van der Waals surface area contributed by atoms with Crippen molar-refractivity contribution in [1.29, 1.82) is 0 Å². The molecule has 2 aromatic heterocycles. The third-order valence-corrected chi connectivity index (χ3v) is 2.00. The molecule has 1 atom stereocenters. The summed E-state index contributed by atoms with van der Waals surface area (Å²) in [5.74, 6) is 0.414. The van der Waals surface area contributed by atoms with Crippen LogP contribution in [-0.4, -0.2) is 23.7 Å². The van der Waals surface area contributed by atoms with E-state index in [1.54, 1.807) is 12.5 Å². The highest BCUT2D eigenvalue weighted by Gasteiger charge is 2.07. The van der Waals surface area contributed by atoms with Gasteiger partial charge in [-0.05, 0) is 0 Å². The van der Waals surface area contributed by atoms with E-state index in [0.29, 0.717) is 11.5 Å². The molecule has 2 rings (SSSR count). The first-order chi connectivity index (χ1) is 6.75. The minimum atomic E-state index is -2.29. The van der Waals surface area contributed by atoms with E-state index in [2.05, 4.69) is 24.7 Å². The molecule has 0 bridgehead atoms. The van der Waals surface area contributed by atoms with Crippen LogP contribution in [0.1, 0.15) is 5.82 Å². The second-order valence-corrected chi connectivity index (χ2v) is 3.30. The molecule has 0 aliphatic heterocycles. The summed E-state index contributed by atoms with van der Waals surface area (Å²) in [6.07, 6.45) is 3.21. The Bertz CT molecular complexity index is 470. The van der Waals surface area contributed by atoms with Crippen LogP contribution in [0.2, 0.25) is 0 Å². The number of aromatic amines is 2. The smallest absolute Gasteiger partial charge is 0.302 e. The lowest BCUT2D eigenvalue weighted by molar-refractivity contribution is -0.347. The van der Waals surface area contributed by atoms with Gasteiger partial charge in [-0.25, -0.2) is 14.7 Å². The molecule has 0 saturated heterocycles. The lowest BCUT2D eigenvalue weighted by atomic mass is 10.5. The van der Waals surface area contributed by atoms with Crippen molar-refractivity contribution in [2.24, 2.45) is 0 Å². The van der Waals surface area contributed by atoms with Crippen LogP contribution in [0.5, 0.6) is 0 Å². The number of imidazole rings is 1. The van der Waals surface area contributed by atoms with Gasteiger partial charge in [0.15, 0.2) is 11.8 Å². The van der Waals surface area contributed by atoms with Crippen molar-refractivity contribution in [3.63, 3.8) is 0 Å². The summed E-state index contributed by atoms with van der Waals surface area (Å²) in [4.78, 5) is 13.8. The van der Waals surface area contributed by atoms with Crippen LogP contribution in [0.4, 0.5) is 0 Å². The standard InChI is InChI=1S/C6H7N5O2S/c12-14(13)10-2-5-7-1-4-6(11-5)9-3-8-4/h1,3,10H,2H2,(H,12,13)(H,7,8,9,11). The predicted octanol–water partition coefficient (Wildman–Crippen LogP) is -1.34. The second-order valence-electron chi connectivity index (χ2n) is 2.54. The van der Waals surface area contributed by atoms with Gasteiger partial charge in [-0.2, -0.15) is 0 Å². The monoisotopic (exact) mass is 213 g/mol. The summed E-state index contributed by atoms with van der Waals surface area (Å²) in [7, 11) is 0. The quantitative estimate of drug-likeness (QED) is 0.615. The van der Waals surface area contributed by atoms with Gasteiger partial charge in [0.25, 0.3) is 0 Å². The van der Waals surface area contributed by atoms with Crippen molar-refractivity contribution in [3.8, 4) is 0 Å². The Labute approximate surface area is 81.4 Å². The summed E-state index contributed by atoms with van der Waals surface area (Å²) in [6.45, 7) is 0.0884. The Morgan fingerprint density at radius 1 is 1.71 bits per heavy atom. The second kappa shape index (κ2) is 3.78. The molecule has 74 valence electrons. The highest BCUT2D eigenvalue weighted by atomic mass is 32.2. The first-order valence-corrected chi connectivity index (χ1v) is 4.86. The van der Waals surface area contributed by atoms with Crippen LogP contribution in [0.3, 0.4) is 0 Å². The average molecular weight is 213 g/mol. The number of rotatable bonds is 3. The van der Waals surface area contributed by atoms with Crippen molar-refractivity contribution < 1.29 is 13.7 Å². The summed E-state index contributed by atoms with van der Waals surface area (Å²) < 4.78 is 22.6. The van der Waals surface area contributed by atoms with E-state index in [4.69, 9.17) is 0 Å². The fourth-order valence-corrected chi connectivity index (χ4v) is 1.27. The van der Waals surface area contributed by atoms with Gasteiger partial charge < -0.3 is 4.55 Å². The number of hydrogen-bond donors (Lipinski definition) is 2. The molecule has 0 aliphatic carbocycles. The SMILES string of the molecule is O=S([O-])NCc1ncc2[nH]c[nH+]c2n1. The van der Waals surface area contributed by atoms with Gasteiger partial charge in [0.05, 0.1) is 12.7 Å². The van der Waals surface area contributed by atoms with Gasteiger partial charge in [-0.1, -0.05) is 4.98 Å². The molecule has 1 unspecified atom stereocenters. The van der Waals surface area contributed by atoms with Crippen molar-refractivity contribution in [3.05, 3.63) is 18.3 Å². The number of aromatic nitrogens is 4. The van der Waals surface area contributed by atoms with E-state index in [9.17, 15) is 8.76 Å². The Balaban J connectivity index is 2.21.